The maximum atomic E-state index is 12.0. The highest BCUT2D eigenvalue weighted by Gasteiger charge is 2.25. The molecule has 122 valence electrons. The summed E-state index contributed by atoms with van der Waals surface area (Å²) >= 11 is 2.20. The fraction of sp³-hybridized carbons (Fsp3) is 0.500. The molecule has 0 unspecified atom stereocenters. The van der Waals surface area contributed by atoms with Crippen LogP contribution in [0.1, 0.15) is 25.8 Å². The van der Waals surface area contributed by atoms with Crippen LogP contribution in [-0.2, 0) is 20.7 Å². The minimum Gasteiger partial charge on any atom is -0.467 e. The molecule has 1 aromatic carbocycles. The van der Waals surface area contributed by atoms with E-state index in [1.54, 1.807) is 0 Å². The standard InChI is InChI=1S/C16H22INO4/c1-10(2)8-14(19)15(20)18-13(16(21)22-3)9-11-4-6-12(17)7-5-11/h4-7,10,13-14,19H,8-9H2,1-3H3,(H,18,20)/t13-,14+/m0/s1. The zero-order valence-electron chi connectivity index (χ0n) is 13.0. The Hall–Kier alpha value is -1.15. The van der Waals surface area contributed by atoms with Crippen molar-refractivity contribution in [2.24, 2.45) is 5.92 Å². The molecule has 2 atom stereocenters. The van der Waals surface area contributed by atoms with Crippen LogP contribution in [0.2, 0.25) is 0 Å². The van der Waals surface area contributed by atoms with Crippen molar-refractivity contribution in [2.45, 2.75) is 38.8 Å². The number of methoxy groups -OCH3 is 1. The van der Waals surface area contributed by atoms with E-state index in [9.17, 15) is 14.7 Å². The number of carbonyl (C=O) groups excluding carboxylic acids is 2. The highest BCUT2D eigenvalue weighted by molar-refractivity contribution is 14.1. The van der Waals surface area contributed by atoms with Gasteiger partial charge in [0.15, 0.2) is 0 Å². The first-order valence-electron chi connectivity index (χ1n) is 7.14. The van der Waals surface area contributed by atoms with Crippen LogP contribution in [0.5, 0.6) is 0 Å². The fourth-order valence-electron chi connectivity index (χ4n) is 2.01. The minimum atomic E-state index is -1.12. The second-order valence-corrected chi connectivity index (χ2v) is 6.81. The highest BCUT2D eigenvalue weighted by Crippen LogP contribution is 2.10. The number of amides is 1. The van der Waals surface area contributed by atoms with Crippen LogP contribution in [0.25, 0.3) is 0 Å². The van der Waals surface area contributed by atoms with Crippen LogP contribution in [0.15, 0.2) is 24.3 Å². The molecule has 1 amide bonds. The molecule has 6 heteroatoms. The molecule has 0 aliphatic carbocycles. The smallest absolute Gasteiger partial charge is 0.328 e. The van der Waals surface area contributed by atoms with E-state index in [0.717, 1.165) is 9.13 Å². The average molecular weight is 419 g/mol. The van der Waals surface area contributed by atoms with Gasteiger partial charge in [0.2, 0.25) is 5.91 Å². The summed E-state index contributed by atoms with van der Waals surface area (Å²) in [7, 11) is 1.28. The Morgan fingerprint density at radius 1 is 1.27 bits per heavy atom. The van der Waals surface area contributed by atoms with Gasteiger partial charge in [-0.05, 0) is 52.6 Å². The number of benzene rings is 1. The first kappa shape index (κ1) is 18.9. The minimum absolute atomic E-state index is 0.188. The highest BCUT2D eigenvalue weighted by atomic mass is 127. The third kappa shape index (κ3) is 6.31. The molecule has 0 aliphatic rings. The van der Waals surface area contributed by atoms with E-state index < -0.39 is 24.0 Å². The van der Waals surface area contributed by atoms with Crippen molar-refractivity contribution >= 4 is 34.5 Å². The second kappa shape index (κ2) is 9.09. The lowest BCUT2D eigenvalue weighted by Gasteiger charge is -2.19. The molecular weight excluding hydrogens is 397 g/mol. The van der Waals surface area contributed by atoms with Crippen molar-refractivity contribution in [1.82, 2.24) is 5.32 Å². The van der Waals surface area contributed by atoms with Crippen LogP contribution < -0.4 is 5.32 Å². The van der Waals surface area contributed by atoms with Gasteiger partial charge in [-0.1, -0.05) is 26.0 Å². The Balaban J connectivity index is 2.74. The predicted molar refractivity (Wildman–Crippen MR) is 92.3 cm³/mol. The van der Waals surface area contributed by atoms with Crippen LogP contribution in [0, 0.1) is 9.49 Å². The van der Waals surface area contributed by atoms with Crippen LogP contribution >= 0.6 is 22.6 Å². The third-order valence-electron chi connectivity index (χ3n) is 3.15. The lowest BCUT2D eigenvalue weighted by atomic mass is 10.0. The lowest BCUT2D eigenvalue weighted by molar-refractivity contribution is -0.146. The van der Waals surface area contributed by atoms with E-state index in [1.807, 2.05) is 38.1 Å². The molecule has 2 N–H and O–H groups in total. The Morgan fingerprint density at radius 3 is 2.36 bits per heavy atom. The largest absolute Gasteiger partial charge is 0.467 e. The van der Waals surface area contributed by atoms with Gasteiger partial charge in [0.05, 0.1) is 7.11 Å². The summed E-state index contributed by atoms with van der Waals surface area (Å²) < 4.78 is 5.82. The van der Waals surface area contributed by atoms with Gasteiger partial charge in [-0.15, -0.1) is 0 Å². The maximum absolute atomic E-state index is 12.0. The Kier molecular flexibility index (Phi) is 7.81. The number of rotatable bonds is 7. The number of aliphatic hydroxyl groups is 1. The molecule has 1 rings (SSSR count). The number of hydrogen-bond donors (Lipinski definition) is 2. The Labute approximate surface area is 144 Å². The van der Waals surface area contributed by atoms with E-state index in [2.05, 4.69) is 27.9 Å². The van der Waals surface area contributed by atoms with Crippen molar-refractivity contribution in [3.05, 3.63) is 33.4 Å². The molecule has 5 nitrogen and oxygen atoms in total. The summed E-state index contributed by atoms with van der Waals surface area (Å²) in [6, 6.07) is 6.85. The van der Waals surface area contributed by atoms with Crippen molar-refractivity contribution in [3.63, 3.8) is 0 Å². The number of nitrogens with one attached hydrogen (secondary N) is 1. The molecule has 0 fully saturated rings. The zero-order valence-corrected chi connectivity index (χ0v) is 15.2. The summed E-state index contributed by atoms with van der Waals surface area (Å²) in [6.45, 7) is 3.83. The number of ether oxygens (including phenoxy) is 1. The van der Waals surface area contributed by atoms with Crippen molar-refractivity contribution in [2.75, 3.05) is 7.11 Å². The molecule has 0 saturated heterocycles. The molecule has 0 spiro atoms. The maximum Gasteiger partial charge on any atom is 0.328 e. The quantitative estimate of drug-likeness (QED) is 0.523. The molecule has 0 bridgehead atoms. The van der Waals surface area contributed by atoms with Gasteiger partial charge in [-0.2, -0.15) is 0 Å². The number of halogens is 1. The molecule has 0 aromatic heterocycles. The van der Waals surface area contributed by atoms with Crippen molar-refractivity contribution in [3.8, 4) is 0 Å². The van der Waals surface area contributed by atoms with Crippen LogP contribution in [0.4, 0.5) is 0 Å². The Bertz CT molecular complexity index is 501. The second-order valence-electron chi connectivity index (χ2n) is 5.56. The molecule has 0 radical (unpaired) electrons. The predicted octanol–water partition coefficient (Wildman–Crippen LogP) is 1.90. The number of carbonyl (C=O) groups is 2. The summed E-state index contributed by atoms with van der Waals surface area (Å²) in [5.74, 6) is -0.883. The molecule has 22 heavy (non-hydrogen) atoms. The number of esters is 1. The first-order chi connectivity index (χ1) is 10.3. The van der Waals surface area contributed by atoms with Gasteiger partial charge in [0.1, 0.15) is 12.1 Å². The van der Waals surface area contributed by atoms with Gasteiger partial charge < -0.3 is 15.2 Å². The number of aliphatic hydroxyl groups excluding tert-OH is 1. The lowest BCUT2D eigenvalue weighted by Crippen LogP contribution is -2.47. The van der Waals surface area contributed by atoms with Crippen molar-refractivity contribution < 1.29 is 19.4 Å². The van der Waals surface area contributed by atoms with Gasteiger partial charge in [0.25, 0.3) is 0 Å². The summed E-state index contributed by atoms with van der Waals surface area (Å²) in [4.78, 5) is 23.8. The zero-order chi connectivity index (χ0) is 16.7. The molecule has 0 heterocycles. The van der Waals surface area contributed by atoms with Gasteiger partial charge in [-0.25, -0.2) is 4.79 Å². The van der Waals surface area contributed by atoms with Crippen LogP contribution in [-0.4, -0.2) is 36.2 Å². The summed E-state index contributed by atoms with van der Waals surface area (Å²) in [6.07, 6.45) is -0.448. The normalized spacial score (nSPS) is 13.5. The van der Waals surface area contributed by atoms with Gasteiger partial charge in [0, 0.05) is 9.99 Å². The molecular formula is C16H22INO4. The fourth-order valence-corrected chi connectivity index (χ4v) is 2.37. The van der Waals surface area contributed by atoms with Gasteiger partial charge >= 0.3 is 5.97 Å². The molecule has 0 aliphatic heterocycles. The third-order valence-corrected chi connectivity index (χ3v) is 3.87. The van der Waals surface area contributed by atoms with E-state index in [0.29, 0.717) is 12.8 Å². The molecule has 0 saturated carbocycles. The average Bonchev–Trinajstić information content (AvgIpc) is 2.47. The molecule has 1 aromatic rings. The van der Waals surface area contributed by atoms with Crippen LogP contribution in [0.3, 0.4) is 0 Å². The van der Waals surface area contributed by atoms with Crippen molar-refractivity contribution in [1.29, 1.82) is 0 Å². The van der Waals surface area contributed by atoms with Gasteiger partial charge in [-0.3, -0.25) is 4.79 Å². The monoisotopic (exact) mass is 419 g/mol. The van der Waals surface area contributed by atoms with E-state index in [-0.39, 0.29) is 5.92 Å². The van der Waals surface area contributed by atoms with E-state index in [4.69, 9.17) is 4.74 Å². The summed E-state index contributed by atoms with van der Waals surface area (Å²) in [5, 5.41) is 12.4. The first-order valence-corrected chi connectivity index (χ1v) is 8.22. The van der Waals surface area contributed by atoms with E-state index in [1.165, 1.54) is 7.11 Å². The van der Waals surface area contributed by atoms with E-state index >= 15 is 0 Å². The topological polar surface area (TPSA) is 75.6 Å². The Morgan fingerprint density at radius 2 is 1.86 bits per heavy atom. The SMILES string of the molecule is COC(=O)[C@H](Cc1ccc(I)cc1)NC(=O)[C@H](O)CC(C)C. The summed E-state index contributed by atoms with van der Waals surface area (Å²) in [5.41, 5.74) is 0.912. The number of hydrogen-bond acceptors (Lipinski definition) is 4.